The van der Waals surface area contributed by atoms with Crippen LogP contribution in [0.2, 0.25) is 0 Å². The normalized spacial score (nSPS) is 15.0. The largest absolute Gasteiger partial charge is 0.495 e. The zero-order valence-corrected chi connectivity index (χ0v) is 21.1. The van der Waals surface area contributed by atoms with Crippen LogP contribution >= 0.6 is 0 Å². The van der Waals surface area contributed by atoms with Crippen LogP contribution in [0.3, 0.4) is 0 Å². The number of methoxy groups -OCH3 is 1. The van der Waals surface area contributed by atoms with Gasteiger partial charge in [0.2, 0.25) is 0 Å². The number of benzene rings is 3. The maximum atomic E-state index is 13.0. The number of fused-ring (bicyclic) bond motifs is 1. The Morgan fingerprint density at radius 2 is 1.70 bits per heavy atom. The molecule has 4 N–H and O–H groups in total. The molecular weight excluding hydrogens is 466 g/mol. The number of nitrogens with zero attached hydrogens (tertiary/aromatic N) is 1. The summed E-state index contributed by atoms with van der Waals surface area (Å²) in [5.74, 6) is 0.241. The quantitative estimate of drug-likeness (QED) is 0.337. The minimum atomic E-state index is -0.257. The minimum Gasteiger partial charge on any atom is -0.495 e. The van der Waals surface area contributed by atoms with Crippen molar-refractivity contribution < 1.29 is 14.3 Å². The zero-order valence-electron chi connectivity index (χ0n) is 21.1. The Morgan fingerprint density at radius 1 is 0.946 bits per heavy atom. The monoisotopic (exact) mass is 499 g/mol. The Kier molecular flexibility index (Phi) is 7.56. The molecule has 1 saturated heterocycles. The van der Waals surface area contributed by atoms with Crippen molar-refractivity contribution >= 4 is 34.6 Å². The van der Waals surface area contributed by atoms with Gasteiger partial charge in [-0.05, 0) is 74.5 Å². The van der Waals surface area contributed by atoms with Crippen molar-refractivity contribution in [2.45, 2.75) is 25.8 Å². The molecule has 0 spiro atoms. The third-order valence-electron chi connectivity index (χ3n) is 6.94. The van der Waals surface area contributed by atoms with Gasteiger partial charge in [0.25, 0.3) is 11.8 Å². The van der Waals surface area contributed by atoms with Crippen molar-refractivity contribution in [1.29, 1.82) is 0 Å². The number of piperidine rings is 1. The van der Waals surface area contributed by atoms with Crippen LogP contribution in [0, 0.1) is 0 Å². The Labute approximate surface area is 217 Å². The van der Waals surface area contributed by atoms with Gasteiger partial charge in [0.15, 0.2) is 0 Å². The highest BCUT2D eigenvalue weighted by Crippen LogP contribution is 2.35. The molecule has 0 aromatic heterocycles. The molecule has 2 heterocycles. The molecule has 192 valence electrons. The van der Waals surface area contributed by atoms with E-state index in [1.807, 2.05) is 42.5 Å². The van der Waals surface area contributed by atoms with E-state index in [2.05, 4.69) is 26.2 Å². The summed E-state index contributed by atoms with van der Waals surface area (Å²) in [5, 5.41) is 12.6. The second kappa shape index (κ2) is 11.3. The lowest BCUT2D eigenvalue weighted by atomic mass is 10.0. The lowest BCUT2D eigenvalue weighted by molar-refractivity contribution is 0.0966. The summed E-state index contributed by atoms with van der Waals surface area (Å²) in [7, 11) is 1.62. The van der Waals surface area contributed by atoms with E-state index in [1.165, 1.54) is 32.4 Å². The SMILES string of the molecule is COc1ccccc1Nc1ccc(NC(=O)c2ccc(NCCN3CCCCC3)cc2)c2c1CNC2=O. The lowest BCUT2D eigenvalue weighted by Gasteiger charge is -2.26. The maximum Gasteiger partial charge on any atom is 0.255 e. The number of carbonyl (C=O) groups excluding carboxylic acids is 2. The van der Waals surface area contributed by atoms with Crippen molar-refractivity contribution in [2.75, 3.05) is 49.2 Å². The molecule has 0 atom stereocenters. The molecule has 0 radical (unpaired) electrons. The Hall–Kier alpha value is -4.04. The van der Waals surface area contributed by atoms with Crippen molar-refractivity contribution in [3.8, 4) is 5.75 Å². The smallest absolute Gasteiger partial charge is 0.255 e. The van der Waals surface area contributed by atoms with Gasteiger partial charge in [0.05, 0.1) is 24.0 Å². The van der Waals surface area contributed by atoms with Gasteiger partial charge < -0.3 is 30.9 Å². The molecule has 0 saturated carbocycles. The van der Waals surface area contributed by atoms with E-state index in [0.29, 0.717) is 29.1 Å². The predicted molar refractivity (Wildman–Crippen MR) is 147 cm³/mol. The van der Waals surface area contributed by atoms with Crippen molar-refractivity contribution in [1.82, 2.24) is 10.2 Å². The molecule has 37 heavy (non-hydrogen) atoms. The Balaban J connectivity index is 1.25. The minimum absolute atomic E-state index is 0.206. The number of anilines is 4. The van der Waals surface area contributed by atoms with Crippen LogP contribution in [-0.2, 0) is 6.54 Å². The Morgan fingerprint density at radius 3 is 2.49 bits per heavy atom. The lowest BCUT2D eigenvalue weighted by Crippen LogP contribution is -2.33. The Bertz CT molecular complexity index is 1270. The van der Waals surface area contributed by atoms with Crippen molar-refractivity contribution in [3.05, 3.63) is 77.4 Å². The van der Waals surface area contributed by atoms with E-state index in [4.69, 9.17) is 4.74 Å². The zero-order chi connectivity index (χ0) is 25.6. The summed E-state index contributed by atoms with van der Waals surface area (Å²) in [6.07, 6.45) is 3.91. The van der Waals surface area contributed by atoms with E-state index in [9.17, 15) is 9.59 Å². The van der Waals surface area contributed by atoms with Crippen LogP contribution in [-0.4, -0.2) is 50.0 Å². The van der Waals surface area contributed by atoms with Crippen molar-refractivity contribution in [3.63, 3.8) is 0 Å². The molecule has 0 bridgehead atoms. The predicted octanol–water partition coefficient (Wildman–Crippen LogP) is 4.83. The molecule has 0 unspecified atom stereocenters. The van der Waals surface area contributed by atoms with Gasteiger partial charge in [-0.25, -0.2) is 0 Å². The first-order chi connectivity index (χ1) is 18.1. The average molecular weight is 500 g/mol. The van der Waals surface area contributed by atoms with Crippen molar-refractivity contribution in [2.24, 2.45) is 0 Å². The number of hydrogen-bond donors (Lipinski definition) is 4. The molecule has 2 aliphatic heterocycles. The van der Waals surface area contributed by atoms with Crippen LogP contribution < -0.4 is 26.0 Å². The fourth-order valence-electron chi connectivity index (χ4n) is 4.94. The molecule has 3 aromatic carbocycles. The molecule has 8 nitrogen and oxygen atoms in total. The van der Waals surface area contributed by atoms with Crippen LogP contribution in [0.5, 0.6) is 5.75 Å². The van der Waals surface area contributed by atoms with E-state index in [0.717, 1.165) is 35.7 Å². The molecule has 0 aliphatic carbocycles. The van der Waals surface area contributed by atoms with Crippen LogP contribution in [0.4, 0.5) is 22.7 Å². The topological polar surface area (TPSA) is 94.7 Å². The van der Waals surface area contributed by atoms with Gasteiger partial charge in [0.1, 0.15) is 5.75 Å². The highest BCUT2D eigenvalue weighted by Gasteiger charge is 2.27. The van der Waals surface area contributed by atoms with Crippen LogP contribution in [0.25, 0.3) is 0 Å². The molecule has 1 fully saturated rings. The fraction of sp³-hybridized carbons (Fsp3) is 0.310. The third kappa shape index (κ3) is 5.70. The number of para-hydroxylation sites is 2. The molecule has 2 aliphatic rings. The van der Waals surface area contributed by atoms with Crippen LogP contribution in [0.1, 0.15) is 45.5 Å². The number of rotatable bonds is 9. The fourth-order valence-corrected chi connectivity index (χ4v) is 4.94. The number of likely N-dealkylation sites (tertiary alicyclic amines) is 1. The number of ether oxygens (including phenoxy) is 1. The maximum absolute atomic E-state index is 13.0. The molecular formula is C29H33N5O3. The van der Waals surface area contributed by atoms with E-state index >= 15 is 0 Å². The highest BCUT2D eigenvalue weighted by atomic mass is 16.5. The summed E-state index contributed by atoms with van der Waals surface area (Å²) in [4.78, 5) is 28.2. The second-order valence-corrected chi connectivity index (χ2v) is 9.38. The third-order valence-corrected chi connectivity index (χ3v) is 6.94. The van der Waals surface area contributed by atoms with E-state index in [1.54, 1.807) is 25.3 Å². The van der Waals surface area contributed by atoms with Gasteiger partial charge in [-0.15, -0.1) is 0 Å². The molecule has 5 rings (SSSR count). The van der Waals surface area contributed by atoms with E-state index in [-0.39, 0.29) is 11.8 Å². The van der Waals surface area contributed by atoms with Gasteiger partial charge >= 0.3 is 0 Å². The van der Waals surface area contributed by atoms with Crippen LogP contribution in [0.15, 0.2) is 60.7 Å². The number of hydrogen-bond acceptors (Lipinski definition) is 6. The number of nitrogens with one attached hydrogen (secondary N) is 4. The highest BCUT2D eigenvalue weighted by molar-refractivity contribution is 6.11. The number of carbonyl (C=O) groups is 2. The summed E-state index contributed by atoms with van der Waals surface area (Å²) in [6.45, 7) is 4.65. The summed E-state index contributed by atoms with van der Waals surface area (Å²) >= 11 is 0. The summed E-state index contributed by atoms with van der Waals surface area (Å²) < 4.78 is 5.43. The summed E-state index contributed by atoms with van der Waals surface area (Å²) in [6, 6.07) is 18.7. The average Bonchev–Trinajstić information content (AvgIpc) is 3.33. The summed E-state index contributed by atoms with van der Waals surface area (Å²) in [5.41, 5.74) is 4.88. The van der Waals surface area contributed by atoms with Gasteiger partial charge in [-0.2, -0.15) is 0 Å². The standard InChI is InChI=1S/C29H33N5O3/c1-37-26-8-4-3-7-24(26)32-23-13-14-25(27-22(23)19-31-29(27)36)33-28(35)20-9-11-21(12-10-20)30-15-18-34-16-5-2-6-17-34/h3-4,7-14,30,32H,2,5-6,15-19H2,1H3,(H,31,36)(H,33,35). The molecule has 2 amide bonds. The second-order valence-electron chi connectivity index (χ2n) is 9.38. The first kappa shape index (κ1) is 24.6. The van der Waals surface area contributed by atoms with E-state index < -0.39 is 0 Å². The number of amides is 2. The first-order valence-electron chi connectivity index (χ1n) is 12.8. The molecule has 3 aromatic rings. The van der Waals surface area contributed by atoms with Gasteiger partial charge in [-0.3, -0.25) is 9.59 Å². The van der Waals surface area contributed by atoms with Gasteiger partial charge in [0, 0.05) is 42.1 Å². The molecule has 8 heteroatoms. The van der Waals surface area contributed by atoms with Gasteiger partial charge in [-0.1, -0.05) is 18.6 Å². The first-order valence-corrected chi connectivity index (χ1v) is 12.8.